The average molecular weight is 504 g/mol. The highest BCUT2D eigenvalue weighted by Crippen LogP contribution is 2.27. The van der Waals surface area contributed by atoms with Crippen molar-refractivity contribution in [1.82, 2.24) is 35.0 Å². The number of nitrogens with zero attached hydrogens (tertiary/aromatic N) is 7. The molecule has 0 saturated carbocycles. The predicted octanol–water partition coefficient (Wildman–Crippen LogP) is 2.74. The standard InChI is InChI=1S/C24H25N9O4/c1-4-5-20-29-23(32-37-20)17-11-19(30-33(17)3)28-24(35)18(34)12-26-22-16-10-15(21-27-13(2)36-31-21)7-6-14(16)8-9-25-22/h6-11,18,34H,4-5,12H2,1-3H3,(H,25,26)(H,28,30,35). The van der Waals surface area contributed by atoms with Crippen LogP contribution in [0.3, 0.4) is 0 Å². The van der Waals surface area contributed by atoms with E-state index in [-0.39, 0.29) is 12.4 Å². The number of hydrogen-bond donors (Lipinski definition) is 3. The number of carbonyl (C=O) groups is 1. The van der Waals surface area contributed by atoms with Crippen LogP contribution in [-0.2, 0) is 18.3 Å². The molecule has 5 rings (SSSR count). The fourth-order valence-corrected chi connectivity index (χ4v) is 3.77. The average Bonchev–Trinajstić information content (AvgIpc) is 3.62. The Bertz CT molecular complexity index is 1550. The van der Waals surface area contributed by atoms with Crippen LogP contribution in [-0.4, -0.2) is 58.7 Å². The van der Waals surface area contributed by atoms with E-state index in [1.54, 1.807) is 26.2 Å². The second-order valence-corrected chi connectivity index (χ2v) is 8.42. The Morgan fingerprint density at radius 3 is 2.76 bits per heavy atom. The number of aliphatic hydroxyl groups excluding tert-OH is 1. The molecule has 13 nitrogen and oxygen atoms in total. The van der Waals surface area contributed by atoms with Gasteiger partial charge in [-0.05, 0) is 23.9 Å². The lowest BCUT2D eigenvalue weighted by molar-refractivity contribution is -0.123. The van der Waals surface area contributed by atoms with E-state index in [1.807, 2.05) is 31.2 Å². The summed E-state index contributed by atoms with van der Waals surface area (Å²) < 4.78 is 11.8. The lowest BCUT2D eigenvalue weighted by Crippen LogP contribution is -2.34. The summed E-state index contributed by atoms with van der Waals surface area (Å²) in [5, 5.41) is 30.1. The van der Waals surface area contributed by atoms with Crippen LogP contribution in [0.5, 0.6) is 0 Å². The highest BCUT2D eigenvalue weighted by molar-refractivity contribution is 5.96. The quantitative estimate of drug-likeness (QED) is 0.270. The molecule has 3 N–H and O–H groups in total. The third-order valence-corrected chi connectivity index (χ3v) is 5.61. The highest BCUT2D eigenvalue weighted by Gasteiger charge is 2.20. The van der Waals surface area contributed by atoms with Crippen LogP contribution in [0.2, 0.25) is 0 Å². The molecule has 1 atom stereocenters. The lowest BCUT2D eigenvalue weighted by atomic mass is 10.1. The van der Waals surface area contributed by atoms with Gasteiger partial charge in [0.1, 0.15) is 17.6 Å². The van der Waals surface area contributed by atoms with Crippen LogP contribution in [0, 0.1) is 6.92 Å². The summed E-state index contributed by atoms with van der Waals surface area (Å²) in [7, 11) is 1.70. The van der Waals surface area contributed by atoms with Gasteiger partial charge in [-0.2, -0.15) is 15.1 Å². The summed E-state index contributed by atoms with van der Waals surface area (Å²) in [6.45, 7) is 3.67. The summed E-state index contributed by atoms with van der Waals surface area (Å²) in [6, 6.07) is 9.16. The number of rotatable bonds is 9. The molecule has 1 amide bonds. The van der Waals surface area contributed by atoms with Crippen molar-refractivity contribution in [3.05, 3.63) is 48.3 Å². The first-order valence-corrected chi connectivity index (χ1v) is 11.7. The zero-order chi connectivity index (χ0) is 25.9. The minimum Gasteiger partial charge on any atom is -0.381 e. The van der Waals surface area contributed by atoms with Crippen molar-refractivity contribution >= 4 is 28.3 Å². The zero-order valence-electron chi connectivity index (χ0n) is 20.5. The van der Waals surface area contributed by atoms with E-state index in [0.29, 0.717) is 41.4 Å². The van der Waals surface area contributed by atoms with Gasteiger partial charge in [-0.1, -0.05) is 29.4 Å². The van der Waals surface area contributed by atoms with Gasteiger partial charge in [-0.3, -0.25) is 9.48 Å². The smallest absolute Gasteiger partial charge is 0.256 e. The van der Waals surface area contributed by atoms with E-state index in [1.165, 1.54) is 4.68 Å². The van der Waals surface area contributed by atoms with Crippen molar-refractivity contribution in [2.75, 3.05) is 17.2 Å². The van der Waals surface area contributed by atoms with Gasteiger partial charge in [-0.15, -0.1) is 0 Å². The van der Waals surface area contributed by atoms with Gasteiger partial charge in [0.25, 0.3) is 5.91 Å². The molecule has 0 aliphatic carbocycles. The molecule has 5 aromatic rings. The van der Waals surface area contributed by atoms with Gasteiger partial charge in [0.15, 0.2) is 5.82 Å². The molecule has 0 spiro atoms. The number of amides is 1. The van der Waals surface area contributed by atoms with E-state index < -0.39 is 12.0 Å². The molecule has 1 aromatic carbocycles. The number of pyridine rings is 1. The van der Waals surface area contributed by atoms with Gasteiger partial charge in [-0.25, -0.2) is 4.98 Å². The Morgan fingerprint density at radius 2 is 1.97 bits per heavy atom. The number of anilines is 2. The van der Waals surface area contributed by atoms with E-state index in [9.17, 15) is 9.90 Å². The van der Waals surface area contributed by atoms with Crippen LogP contribution < -0.4 is 10.6 Å². The molecule has 13 heteroatoms. The van der Waals surface area contributed by atoms with Crippen LogP contribution in [0.1, 0.15) is 25.1 Å². The number of hydrogen-bond acceptors (Lipinski definition) is 11. The molecule has 190 valence electrons. The third kappa shape index (κ3) is 5.16. The topological polar surface area (TPSA) is 170 Å². The molecule has 0 bridgehead atoms. The van der Waals surface area contributed by atoms with Crippen molar-refractivity contribution in [3.63, 3.8) is 0 Å². The van der Waals surface area contributed by atoms with Crippen LogP contribution in [0.25, 0.3) is 33.7 Å². The summed E-state index contributed by atoms with van der Waals surface area (Å²) in [4.78, 5) is 25.6. The minimum absolute atomic E-state index is 0.0750. The fraction of sp³-hybridized carbons (Fsp3) is 0.292. The Kier molecular flexibility index (Phi) is 6.60. The molecular formula is C24H25N9O4. The van der Waals surface area contributed by atoms with Crippen LogP contribution in [0.15, 0.2) is 45.6 Å². The molecule has 1 unspecified atom stereocenters. The number of aromatic nitrogens is 7. The maximum absolute atomic E-state index is 12.6. The van der Waals surface area contributed by atoms with E-state index in [0.717, 1.165) is 22.8 Å². The predicted molar refractivity (Wildman–Crippen MR) is 133 cm³/mol. The number of benzene rings is 1. The van der Waals surface area contributed by atoms with Gasteiger partial charge < -0.3 is 24.8 Å². The Hall–Kier alpha value is -4.65. The number of fused-ring (bicyclic) bond motifs is 1. The molecule has 0 aliphatic heterocycles. The number of aliphatic hydroxyl groups is 1. The monoisotopic (exact) mass is 503 g/mol. The minimum atomic E-state index is -1.37. The number of carbonyl (C=O) groups excluding carboxylic acids is 1. The second-order valence-electron chi connectivity index (χ2n) is 8.42. The van der Waals surface area contributed by atoms with Crippen molar-refractivity contribution in [1.29, 1.82) is 0 Å². The van der Waals surface area contributed by atoms with Crippen LogP contribution in [0.4, 0.5) is 11.6 Å². The zero-order valence-corrected chi connectivity index (χ0v) is 20.5. The number of nitrogens with one attached hydrogen (secondary N) is 2. The first-order valence-electron chi connectivity index (χ1n) is 11.7. The van der Waals surface area contributed by atoms with Crippen molar-refractivity contribution in [2.45, 2.75) is 32.8 Å². The van der Waals surface area contributed by atoms with Crippen LogP contribution >= 0.6 is 0 Å². The first-order chi connectivity index (χ1) is 17.9. The normalized spacial score (nSPS) is 12.1. The molecule has 0 saturated heterocycles. The summed E-state index contributed by atoms with van der Waals surface area (Å²) >= 11 is 0. The molecule has 0 radical (unpaired) electrons. The Labute approximate surface area is 210 Å². The van der Waals surface area contributed by atoms with Crippen molar-refractivity contribution < 1.29 is 18.9 Å². The Morgan fingerprint density at radius 1 is 1.14 bits per heavy atom. The molecular weight excluding hydrogens is 478 g/mol. The third-order valence-electron chi connectivity index (χ3n) is 5.61. The van der Waals surface area contributed by atoms with Crippen molar-refractivity contribution in [2.24, 2.45) is 7.05 Å². The van der Waals surface area contributed by atoms with Gasteiger partial charge in [0.05, 0.1) is 6.54 Å². The second kappa shape index (κ2) is 10.1. The summed E-state index contributed by atoms with van der Waals surface area (Å²) in [6.07, 6.45) is 1.84. The molecule has 37 heavy (non-hydrogen) atoms. The van der Waals surface area contributed by atoms with Gasteiger partial charge >= 0.3 is 0 Å². The maximum atomic E-state index is 12.6. The SMILES string of the molecule is CCCc1nc(-c2cc(NC(=O)C(O)CNc3nccc4ccc(-c5noc(C)n5)cc34)nn2C)no1. The van der Waals surface area contributed by atoms with Gasteiger partial charge in [0, 0.05) is 43.6 Å². The lowest BCUT2D eigenvalue weighted by Gasteiger charge is -2.13. The molecule has 4 heterocycles. The molecule has 0 fully saturated rings. The van der Waals surface area contributed by atoms with E-state index >= 15 is 0 Å². The maximum Gasteiger partial charge on any atom is 0.256 e. The highest BCUT2D eigenvalue weighted by atomic mass is 16.5. The summed E-state index contributed by atoms with van der Waals surface area (Å²) in [5.74, 6) is 1.97. The molecule has 0 aliphatic rings. The largest absolute Gasteiger partial charge is 0.381 e. The van der Waals surface area contributed by atoms with Gasteiger partial charge in [0.2, 0.25) is 23.4 Å². The van der Waals surface area contributed by atoms with Crippen molar-refractivity contribution in [3.8, 4) is 22.9 Å². The summed E-state index contributed by atoms with van der Waals surface area (Å²) in [5.41, 5.74) is 1.33. The number of aryl methyl sites for hydroxylation is 3. The Balaban J connectivity index is 1.26. The fourth-order valence-electron chi connectivity index (χ4n) is 3.77. The first kappa shape index (κ1) is 24.1. The van der Waals surface area contributed by atoms with E-state index in [4.69, 9.17) is 9.05 Å². The van der Waals surface area contributed by atoms with E-state index in [2.05, 4.69) is 41.0 Å². The molecule has 4 aromatic heterocycles.